The molecule has 0 saturated carbocycles. The number of aliphatic hydroxyl groups is 1. The van der Waals surface area contributed by atoms with Crippen molar-refractivity contribution in [2.24, 2.45) is 0 Å². The van der Waals surface area contributed by atoms with Gasteiger partial charge in [0.1, 0.15) is 5.82 Å². The third-order valence-electron chi connectivity index (χ3n) is 1.94. The molecular formula is C11H12ClFO. The highest BCUT2D eigenvalue weighted by molar-refractivity contribution is 6.31. The monoisotopic (exact) mass is 214 g/mol. The molecule has 0 aromatic heterocycles. The first kappa shape index (κ1) is 11.2. The van der Waals surface area contributed by atoms with Gasteiger partial charge in [-0.2, -0.15) is 0 Å². The minimum atomic E-state index is -0.623. The van der Waals surface area contributed by atoms with Crippen LogP contribution in [0, 0.1) is 5.82 Å². The van der Waals surface area contributed by atoms with E-state index in [0.29, 0.717) is 17.0 Å². The minimum Gasteiger partial charge on any atom is -0.392 e. The summed E-state index contributed by atoms with van der Waals surface area (Å²) in [5.41, 5.74) is 0.364. The van der Waals surface area contributed by atoms with E-state index in [9.17, 15) is 9.50 Å². The van der Waals surface area contributed by atoms with E-state index >= 15 is 0 Å². The minimum absolute atomic E-state index is 0.220. The predicted octanol–water partition coefficient (Wildman–Crippen LogP) is 2.96. The SMILES string of the molecule is C=CCC(O)Cc1c(F)cccc1Cl. The lowest BCUT2D eigenvalue weighted by Crippen LogP contribution is -2.10. The second-order valence-corrected chi connectivity index (χ2v) is 3.49. The molecule has 1 N–H and O–H groups in total. The second-order valence-electron chi connectivity index (χ2n) is 3.08. The summed E-state index contributed by atoms with van der Waals surface area (Å²) >= 11 is 5.80. The molecule has 1 unspecified atom stereocenters. The fraction of sp³-hybridized carbons (Fsp3) is 0.273. The summed E-state index contributed by atoms with van der Waals surface area (Å²) in [4.78, 5) is 0. The third kappa shape index (κ3) is 2.82. The van der Waals surface area contributed by atoms with E-state index in [1.807, 2.05) is 0 Å². The Bertz CT molecular complexity index is 305. The maximum Gasteiger partial charge on any atom is 0.127 e. The zero-order valence-electron chi connectivity index (χ0n) is 7.71. The number of benzene rings is 1. The molecule has 0 heterocycles. The van der Waals surface area contributed by atoms with E-state index in [2.05, 4.69) is 6.58 Å². The number of halogens is 2. The topological polar surface area (TPSA) is 20.2 Å². The third-order valence-corrected chi connectivity index (χ3v) is 2.29. The van der Waals surface area contributed by atoms with E-state index in [4.69, 9.17) is 11.6 Å². The van der Waals surface area contributed by atoms with Crippen molar-refractivity contribution in [1.29, 1.82) is 0 Å². The molecule has 76 valence electrons. The van der Waals surface area contributed by atoms with Crippen LogP contribution in [0.1, 0.15) is 12.0 Å². The van der Waals surface area contributed by atoms with Crippen LogP contribution in [0.4, 0.5) is 4.39 Å². The number of hydrogen-bond acceptors (Lipinski definition) is 1. The highest BCUT2D eigenvalue weighted by Crippen LogP contribution is 2.21. The van der Waals surface area contributed by atoms with Crippen LogP contribution in [0.3, 0.4) is 0 Å². The molecule has 0 saturated heterocycles. The zero-order valence-corrected chi connectivity index (χ0v) is 8.47. The Hall–Kier alpha value is -0.860. The molecule has 0 radical (unpaired) electrons. The first-order valence-electron chi connectivity index (χ1n) is 4.37. The van der Waals surface area contributed by atoms with Crippen LogP contribution in [-0.4, -0.2) is 11.2 Å². The van der Waals surface area contributed by atoms with Gasteiger partial charge in [-0.05, 0) is 18.6 Å². The maximum atomic E-state index is 13.2. The Morgan fingerprint density at radius 3 is 2.86 bits per heavy atom. The molecule has 0 aliphatic heterocycles. The average Bonchev–Trinajstić information content (AvgIpc) is 2.12. The smallest absolute Gasteiger partial charge is 0.127 e. The Balaban J connectivity index is 2.80. The number of aliphatic hydroxyl groups excluding tert-OH is 1. The standard InChI is InChI=1S/C11H12ClFO/c1-2-4-8(14)7-9-10(12)5-3-6-11(9)13/h2-3,5-6,8,14H,1,4,7H2. The van der Waals surface area contributed by atoms with Gasteiger partial charge in [0, 0.05) is 17.0 Å². The van der Waals surface area contributed by atoms with Crippen LogP contribution in [0.2, 0.25) is 5.02 Å². The van der Waals surface area contributed by atoms with E-state index < -0.39 is 6.10 Å². The molecular weight excluding hydrogens is 203 g/mol. The number of hydrogen-bond donors (Lipinski definition) is 1. The van der Waals surface area contributed by atoms with Gasteiger partial charge in [0.25, 0.3) is 0 Å². The lowest BCUT2D eigenvalue weighted by atomic mass is 10.1. The fourth-order valence-electron chi connectivity index (χ4n) is 1.24. The summed E-state index contributed by atoms with van der Waals surface area (Å²) in [6.45, 7) is 3.50. The first-order valence-corrected chi connectivity index (χ1v) is 4.74. The molecule has 14 heavy (non-hydrogen) atoms. The van der Waals surface area contributed by atoms with Crippen LogP contribution in [-0.2, 0) is 6.42 Å². The van der Waals surface area contributed by atoms with Gasteiger partial charge in [0.15, 0.2) is 0 Å². The highest BCUT2D eigenvalue weighted by atomic mass is 35.5. The molecule has 3 heteroatoms. The van der Waals surface area contributed by atoms with Crippen LogP contribution < -0.4 is 0 Å². The van der Waals surface area contributed by atoms with Crippen molar-refractivity contribution in [2.45, 2.75) is 18.9 Å². The molecule has 0 spiro atoms. The normalized spacial score (nSPS) is 12.5. The van der Waals surface area contributed by atoms with Crippen molar-refractivity contribution < 1.29 is 9.50 Å². The Morgan fingerprint density at radius 1 is 1.57 bits per heavy atom. The van der Waals surface area contributed by atoms with Crippen LogP contribution in [0.5, 0.6) is 0 Å². The molecule has 0 aliphatic carbocycles. The number of rotatable bonds is 4. The fourth-order valence-corrected chi connectivity index (χ4v) is 1.48. The molecule has 0 amide bonds. The summed E-state index contributed by atoms with van der Waals surface area (Å²) < 4.78 is 13.2. The average molecular weight is 215 g/mol. The van der Waals surface area contributed by atoms with Crippen molar-refractivity contribution in [3.8, 4) is 0 Å². The van der Waals surface area contributed by atoms with Crippen molar-refractivity contribution >= 4 is 11.6 Å². The maximum absolute atomic E-state index is 13.2. The van der Waals surface area contributed by atoms with Gasteiger partial charge in [-0.15, -0.1) is 6.58 Å². The first-order chi connectivity index (χ1) is 6.65. The second kappa shape index (κ2) is 5.13. The van der Waals surface area contributed by atoms with Gasteiger partial charge in [-0.25, -0.2) is 4.39 Å². The quantitative estimate of drug-likeness (QED) is 0.765. The van der Waals surface area contributed by atoms with Crippen molar-refractivity contribution in [2.75, 3.05) is 0 Å². The molecule has 1 atom stereocenters. The molecule has 1 aromatic carbocycles. The summed E-state index contributed by atoms with van der Waals surface area (Å²) in [7, 11) is 0. The van der Waals surface area contributed by atoms with E-state index in [1.165, 1.54) is 6.07 Å². The van der Waals surface area contributed by atoms with Gasteiger partial charge in [0.05, 0.1) is 6.10 Å². The van der Waals surface area contributed by atoms with E-state index in [0.717, 1.165) is 0 Å². The molecule has 0 bridgehead atoms. The summed E-state index contributed by atoms with van der Waals surface area (Å²) in [6, 6.07) is 4.49. The predicted molar refractivity (Wildman–Crippen MR) is 55.9 cm³/mol. The van der Waals surface area contributed by atoms with E-state index in [-0.39, 0.29) is 12.2 Å². The van der Waals surface area contributed by atoms with Crippen molar-refractivity contribution in [1.82, 2.24) is 0 Å². The summed E-state index contributed by atoms with van der Waals surface area (Å²) in [6.07, 6.45) is 1.63. The van der Waals surface area contributed by atoms with Gasteiger partial charge >= 0.3 is 0 Å². The molecule has 0 aliphatic rings. The van der Waals surface area contributed by atoms with Gasteiger partial charge in [-0.3, -0.25) is 0 Å². The van der Waals surface area contributed by atoms with Crippen LogP contribution in [0.25, 0.3) is 0 Å². The van der Waals surface area contributed by atoms with Gasteiger partial charge < -0.3 is 5.11 Å². The Labute approximate surface area is 87.8 Å². The van der Waals surface area contributed by atoms with Crippen molar-refractivity contribution in [3.63, 3.8) is 0 Å². The van der Waals surface area contributed by atoms with Gasteiger partial charge in [0.2, 0.25) is 0 Å². The molecule has 1 nitrogen and oxygen atoms in total. The Morgan fingerprint density at radius 2 is 2.29 bits per heavy atom. The summed E-state index contributed by atoms with van der Waals surface area (Å²) in [5.74, 6) is -0.374. The zero-order chi connectivity index (χ0) is 10.6. The summed E-state index contributed by atoms with van der Waals surface area (Å²) in [5, 5.41) is 9.81. The van der Waals surface area contributed by atoms with Crippen molar-refractivity contribution in [3.05, 3.63) is 47.3 Å². The highest BCUT2D eigenvalue weighted by Gasteiger charge is 2.11. The molecule has 0 fully saturated rings. The van der Waals surface area contributed by atoms with Crippen LogP contribution in [0.15, 0.2) is 30.9 Å². The lowest BCUT2D eigenvalue weighted by molar-refractivity contribution is 0.177. The lowest BCUT2D eigenvalue weighted by Gasteiger charge is -2.10. The van der Waals surface area contributed by atoms with E-state index in [1.54, 1.807) is 18.2 Å². The van der Waals surface area contributed by atoms with Crippen LogP contribution >= 0.6 is 11.6 Å². The molecule has 1 rings (SSSR count). The molecule has 1 aromatic rings. The largest absolute Gasteiger partial charge is 0.392 e. The Kier molecular flexibility index (Phi) is 4.11. The van der Waals surface area contributed by atoms with Gasteiger partial charge in [-0.1, -0.05) is 23.7 Å².